The van der Waals surface area contributed by atoms with E-state index in [1.807, 2.05) is 30.5 Å². The lowest BCUT2D eigenvalue weighted by Gasteiger charge is -2.19. The van der Waals surface area contributed by atoms with E-state index in [-0.39, 0.29) is 0 Å². The highest BCUT2D eigenvalue weighted by Crippen LogP contribution is 2.31. The van der Waals surface area contributed by atoms with Crippen molar-refractivity contribution in [3.8, 4) is 5.75 Å². The van der Waals surface area contributed by atoms with Gasteiger partial charge in [0.25, 0.3) is 0 Å². The number of hydrogen-bond donors (Lipinski definition) is 1. The molecule has 0 spiro atoms. The van der Waals surface area contributed by atoms with Gasteiger partial charge in [-0.1, -0.05) is 32.6 Å². The van der Waals surface area contributed by atoms with Crippen LogP contribution in [0, 0.1) is 4.77 Å². The van der Waals surface area contributed by atoms with Gasteiger partial charge in [0.05, 0.1) is 12.8 Å². The summed E-state index contributed by atoms with van der Waals surface area (Å²) in [7, 11) is 0. The maximum Gasteiger partial charge on any atom is 0.216 e. The Hall–Kier alpha value is -1.95. The molecule has 0 atom stereocenters. The maximum absolute atomic E-state index is 5.69. The monoisotopic (exact) mass is 358 g/mol. The second-order valence-electron chi connectivity index (χ2n) is 6.55. The van der Waals surface area contributed by atoms with Gasteiger partial charge in [-0.2, -0.15) is 14.9 Å². The first-order valence-corrected chi connectivity index (χ1v) is 9.63. The minimum atomic E-state index is 0.452. The van der Waals surface area contributed by atoms with Gasteiger partial charge in [-0.3, -0.25) is 5.10 Å². The third-order valence-electron chi connectivity index (χ3n) is 4.61. The van der Waals surface area contributed by atoms with Crippen molar-refractivity contribution in [2.24, 2.45) is 5.10 Å². The second-order valence-corrected chi connectivity index (χ2v) is 6.94. The molecule has 0 aliphatic heterocycles. The van der Waals surface area contributed by atoms with Gasteiger partial charge < -0.3 is 4.74 Å². The first kappa shape index (κ1) is 17.9. The van der Waals surface area contributed by atoms with Crippen LogP contribution < -0.4 is 4.74 Å². The Kier molecular flexibility index (Phi) is 6.39. The Bertz CT molecular complexity index is 742. The third-order valence-corrected chi connectivity index (χ3v) is 4.88. The van der Waals surface area contributed by atoms with Crippen LogP contribution >= 0.6 is 12.2 Å². The van der Waals surface area contributed by atoms with Crippen molar-refractivity contribution in [2.45, 2.75) is 57.8 Å². The van der Waals surface area contributed by atoms with E-state index in [2.05, 4.69) is 22.2 Å². The van der Waals surface area contributed by atoms with Crippen LogP contribution in [0.3, 0.4) is 0 Å². The summed E-state index contributed by atoms with van der Waals surface area (Å²) in [6, 6.07) is 7.98. The van der Waals surface area contributed by atoms with Crippen LogP contribution in [0.5, 0.6) is 5.75 Å². The molecule has 1 aromatic heterocycles. The Morgan fingerprint density at radius 2 is 2.04 bits per heavy atom. The molecular formula is C19H26N4OS. The zero-order valence-electron chi connectivity index (χ0n) is 14.8. The fraction of sp³-hybridized carbons (Fsp3) is 0.526. The predicted octanol–water partition coefficient (Wildman–Crippen LogP) is 5.05. The zero-order chi connectivity index (χ0) is 17.5. The van der Waals surface area contributed by atoms with Crippen molar-refractivity contribution in [2.75, 3.05) is 6.61 Å². The molecule has 0 saturated heterocycles. The molecule has 1 aromatic carbocycles. The lowest BCUT2D eigenvalue weighted by Crippen LogP contribution is -2.10. The normalized spacial score (nSPS) is 15.7. The number of aromatic nitrogens is 3. The quantitative estimate of drug-likeness (QED) is 0.428. The molecule has 134 valence electrons. The number of ether oxygens (including phenoxy) is 1. The van der Waals surface area contributed by atoms with Crippen molar-refractivity contribution < 1.29 is 4.74 Å². The number of H-pyrrole nitrogens is 1. The summed E-state index contributed by atoms with van der Waals surface area (Å²) in [6.07, 6.45) is 10.2. The van der Waals surface area contributed by atoms with Gasteiger partial charge >= 0.3 is 0 Å². The van der Waals surface area contributed by atoms with Gasteiger partial charge in [0.1, 0.15) is 5.75 Å². The first-order valence-electron chi connectivity index (χ1n) is 9.22. The number of unbranched alkanes of at least 4 members (excludes halogenated alkanes) is 1. The molecule has 5 nitrogen and oxygen atoms in total. The molecule has 1 saturated carbocycles. The van der Waals surface area contributed by atoms with Gasteiger partial charge in [0.2, 0.25) is 4.77 Å². The minimum absolute atomic E-state index is 0.452. The first-order chi connectivity index (χ1) is 12.3. The summed E-state index contributed by atoms with van der Waals surface area (Å²) < 4.78 is 8.01. The van der Waals surface area contributed by atoms with Crippen molar-refractivity contribution in [1.29, 1.82) is 0 Å². The van der Waals surface area contributed by atoms with E-state index in [9.17, 15) is 0 Å². The Labute approximate surface area is 154 Å². The highest BCUT2D eigenvalue weighted by Gasteiger charge is 2.21. The molecule has 0 unspecified atom stereocenters. The van der Waals surface area contributed by atoms with Gasteiger partial charge in [0.15, 0.2) is 5.82 Å². The molecule has 1 heterocycles. The van der Waals surface area contributed by atoms with Crippen LogP contribution in [-0.2, 0) is 0 Å². The van der Waals surface area contributed by atoms with E-state index < -0.39 is 0 Å². The van der Waals surface area contributed by atoms with Gasteiger partial charge in [-0.25, -0.2) is 0 Å². The number of nitrogens with one attached hydrogen (secondary N) is 1. The van der Waals surface area contributed by atoms with Crippen LogP contribution in [0.15, 0.2) is 29.4 Å². The van der Waals surface area contributed by atoms with Crippen molar-refractivity contribution in [1.82, 2.24) is 14.9 Å². The lowest BCUT2D eigenvalue weighted by atomic mass is 9.89. The maximum atomic E-state index is 5.69. The largest absolute Gasteiger partial charge is 0.494 e. The predicted molar refractivity (Wildman–Crippen MR) is 103 cm³/mol. The van der Waals surface area contributed by atoms with E-state index in [1.165, 1.54) is 32.1 Å². The van der Waals surface area contributed by atoms with Crippen LogP contribution in [0.2, 0.25) is 0 Å². The van der Waals surface area contributed by atoms with Crippen LogP contribution in [0.1, 0.15) is 69.2 Å². The molecule has 3 rings (SSSR count). The molecule has 0 radical (unpaired) electrons. The number of rotatable bonds is 7. The number of hydrogen-bond acceptors (Lipinski definition) is 4. The van der Waals surface area contributed by atoms with Crippen LogP contribution in [-0.4, -0.2) is 27.7 Å². The Morgan fingerprint density at radius 3 is 2.76 bits per heavy atom. The lowest BCUT2D eigenvalue weighted by molar-refractivity contribution is 0.309. The molecule has 6 heteroatoms. The zero-order valence-corrected chi connectivity index (χ0v) is 15.6. The summed E-state index contributed by atoms with van der Waals surface area (Å²) in [5, 5.41) is 11.9. The SMILES string of the molecule is CCCCOc1ccc(C=Nn2c(C3CCCCC3)n[nH]c2=S)cc1. The van der Waals surface area contributed by atoms with Crippen LogP contribution in [0.4, 0.5) is 0 Å². The average Bonchev–Trinajstić information content (AvgIpc) is 3.02. The molecule has 2 aromatic rings. The summed E-state index contributed by atoms with van der Waals surface area (Å²) in [6.45, 7) is 2.92. The summed E-state index contributed by atoms with van der Waals surface area (Å²) >= 11 is 5.35. The van der Waals surface area contributed by atoms with Crippen LogP contribution in [0.25, 0.3) is 0 Å². The fourth-order valence-electron chi connectivity index (χ4n) is 3.15. The Morgan fingerprint density at radius 1 is 1.28 bits per heavy atom. The second kappa shape index (κ2) is 8.94. The fourth-order valence-corrected chi connectivity index (χ4v) is 3.34. The summed E-state index contributed by atoms with van der Waals surface area (Å²) in [5.41, 5.74) is 1.01. The average molecular weight is 359 g/mol. The van der Waals surface area contributed by atoms with Crippen molar-refractivity contribution in [3.05, 3.63) is 40.4 Å². The molecule has 1 fully saturated rings. The van der Waals surface area contributed by atoms with E-state index in [4.69, 9.17) is 17.0 Å². The van der Waals surface area contributed by atoms with Gasteiger partial charge in [-0.15, -0.1) is 0 Å². The smallest absolute Gasteiger partial charge is 0.216 e. The van der Waals surface area contributed by atoms with E-state index in [0.29, 0.717) is 10.7 Å². The van der Waals surface area contributed by atoms with Crippen molar-refractivity contribution in [3.63, 3.8) is 0 Å². The number of benzene rings is 1. The van der Waals surface area contributed by atoms with Gasteiger partial charge in [-0.05, 0) is 61.3 Å². The van der Waals surface area contributed by atoms with Gasteiger partial charge in [0, 0.05) is 5.92 Å². The van der Waals surface area contributed by atoms with E-state index in [1.54, 1.807) is 4.68 Å². The molecule has 0 bridgehead atoms. The highest BCUT2D eigenvalue weighted by molar-refractivity contribution is 7.71. The minimum Gasteiger partial charge on any atom is -0.494 e. The number of nitrogens with zero attached hydrogens (tertiary/aromatic N) is 3. The number of aromatic amines is 1. The molecule has 1 N–H and O–H groups in total. The molecule has 25 heavy (non-hydrogen) atoms. The van der Waals surface area contributed by atoms with Crippen molar-refractivity contribution >= 4 is 18.4 Å². The van der Waals surface area contributed by atoms with E-state index in [0.717, 1.165) is 36.6 Å². The van der Waals surface area contributed by atoms with E-state index >= 15 is 0 Å². The third kappa shape index (κ3) is 4.78. The Balaban J connectivity index is 1.69. The molecule has 1 aliphatic rings. The summed E-state index contributed by atoms with van der Waals surface area (Å²) in [5.74, 6) is 2.31. The highest BCUT2D eigenvalue weighted by atomic mass is 32.1. The molecule has 0 amide bonds. The topological polar surface area (TPSA) is 55.2 Å². The summed E-state index contributed by atoms with van der Waals surface area (Å²) in [4.78, 5) is 0. The molecule has 1 aliphatic carbocycles. The molecular weight excluding hydrogens is 332 g/mol. The standard InChI is InChI=1S/C19H26N4OS/c1-2-3-13-24-17-11-9-15(10-12-17)14-20-23-18(21-22-19(23)25)16-7-5-4-6-8-16/h9-12,14,16H,2-8,13H2,1H3,(H,22,25).